The maximum atomic E-state index is 12.5. The van der Waals surface area contributed by atoms with Crippen LogP contribution < -0.4 is 5.32 Å². The number of pyridine rings is 1. The van der Waals surface area contributed by atoms with Crippen molar-refractivity contribution in [2.45, 2.75) is 19.4 Å². The van der Waals surface area contributed by atoms with Gasteiger partial charge in [0.15, 0.2) is 0 Å². The van der Waals surface area contributed by atoms with Crippen LogP contribution >= 0.6 is 24.8 Å². The molecule has 1 aromatic heterocycles. The van der Waals surface area contributed by atoms with Crippen molar-refractivity contribution in [3.63, 3.8) is 0 Å². The van der Waals surface area contributed by atoms with E-state index in [9.17, 15) is 4.79 Å². The number of halogens is 2. The lowest BCUT2D eigenvalue weighted by Gasteiger charge is -2.37. The molecule has 0 saturated carbocycles. The summed E-state index contributed by atoms with van der Waals surface area (Å²) in [6.45, 7) is 6.00. The van der Waals surface area contributed by atoms with E-state index in [0.717, 1.165) is 38.2 Å². The van der Waals surface area contributed by atoms with Gasteiger partial charge in [-0.1, -0.05) is 13.0 Å². The number of carbonyl (C=O) groups excluding carboxylic acids is 1. The molecule has 2 heterocycles. The third-order valence-corrected chi connectivity index (χ3v) is 3.64. The van der Waals surface area contributed by atoms with Gasteiger partial charge in [-0.2, -0.15) is 0 Å². The minimum absolute atomic E-state index is 0. The highest BCUT2D eigenvalue weighted by Crippen LogP contribution is 2.21. The zero-order valence-electron chi connectivity index (χ0n) is 13.2. The maximum Gasteiger partial charge on any atom is 0.237 e. The molecule has 0 bridgehead atoms. The Morgan fingerprint density at radius 3 is 2.91 bits per heavy atom. The third-order valence-electron chi connectivity index (χ3n) is 3.64. The summed E-state index contributed by atoms with van der Waals surface area (Å²) in [5.41, 5.74) is 1.10. The molecule has 5 nitrogen and oxygen atoms in total. The van der Waals surface area contributed by atoms with Crippen LogP contribution in [0, 0.1) is 0 Å². The highest BCUT2D eigenvalue weighted by molar-refractivity contribution is 5.85. The van der Waals surface area contributed by atoms with Crippen LogP contribution in [0.25, 0.3) is 0 Å². The van der Waals surface area contributed by atoms with Gasteiger partial charge in [0.1, 0.15) is 0 Å². The summed E-state index contributed by atoms with van der Waals surface area (Å²) in [5, 5.41) is 3.36. The topological polar surface area (TPSA) is 48.5 Å². The van der Waals surface area contributed by atoms with Gasteiger partial charge in [-0.3, -0.25) is 14.7 Å². The van der Waals surface area contributed by atoms with Crippen LogP contribution in [-0.2, 0) is 4.79 Å². The van der Waals surface area contributed by atoms with Crippen molar-refractivity contribution in [3.8, 4) is 0 Å². The zero-order valence-corrected chi connectivity index (χ0v) is 14.8. The van der Waals surface area contributed by atoms with Crippen LogP contribution in [0.4, 0.5) is 0 Å². The number of hydrogen-bond acceptors (Lipinski definition) is 4. The van der Waals surface area contributed by atoms with Crippen molar-refractivity contribution in [2.75, 3.05) is 39.8 Å². The molecule has 1 N–H and O–H groups in total. The van der Waals surface area contributed by atoms with Crippen LogP contribution in [0.5, 0.6) is 0 Å². The van der Waals surface area contributed by atoms with Crippen LogP contribution in [-0.4, -0.2) is 60.5 Å². The molecule has 0 radical (unpaired) electrons. The van der Waals surface area contributed by atoms with Gasteiger partial charge in [-0.15, -0.1) is 24.8 Å². The first-order valence-corrected chi connectivity index (χ1v) is 7.31. The highest BCUT2D eigenvalue weighted by atomic mass is 35.5. The van der Waals surface area contributed by atoms with E-state index in [1.807, 2.05) is 30.3 Å². The fraction of sp³-hybridized carbons (Fsp3) is 0.600. The molecule has 2 rings (SSSR count). The third kappa shape index (κ3) is 5.72. The van der Waals surface area contributed by atoms with Crippen LogP contribution in [0.2, 0.25) is 0 Å². The second-order valence-electron chi connectivity index (χ2n) is 5.33. The SMILES string of the molecule is CCCN(C)CC(=O)N1CCNCC1c1cccnc1.Cl.Cl. The Labute approximate surface area is 145 Å². The summed E-state index contributed by atoms with van der Waals surface area (Å²) in [4.78, 5) is 20.7. The first kappa shape index (κ1) is 21.1. The zero-order chi connectivity index (χ0) is 14.4. The van der Waals surface area contributed by atoms with E-state index in [1.54, 1.807) is 6.20 Å². The fourth-order valence-corrected chi connectivity index (χ4v) is 2.66. The van der Waals surface area contributed by atoms with E-state index in [-0.39, 0.29) is 36.8 Å². The molecule has 0 aliphatic carbocycles. The van der Waals surface area contributed by atoms with Gasteiger partial charge in [0.25, 0.3) is 0 Å². The van der Waals surface area contributed by atoms with Crippen molar-refractivity contribution in [1.82, 2.24) is 20.1 Å². The van der Waals surface area contributed by atoms with Gasteiger partial charge < -0.3 is 10.2 Å². The van der Waals surface area contributed by atoms with Crippen LogP contribution in [0.3, 0.4) is 0 Å². The van der Waals surface area contributed by atoms with Crippen LogP contribution in [0.1, 0.15) is 24.9 Å². The van der Waals surface area contributed by atoms with Gasteiger partial charge in [-0.25, -0.2) is 0 Å². The molecule has 1 saturated heterocycles. The predicted molar refractivity (Wildman–Crippen MR) is 93.8 cm³/mol. The molecule has 126 valence electrons. The Bertz CT molecular complexity index is 433. The summed E-state index contributed by atoms with van der Waals surface area (Å²) in [6, 6.07) is 4.07. The summed E-state index contributed by atoms with van der Waals surface area (Å²) in [6.07, 6.45) is 4.69. The molecule has 1 aliphatic heterocycles. The summed E-state index contributed by atoms with van der Waals surface area (Å²) in [5.74, 6) is 0.205. The Morgan fingerprint density at radius 2 is 2.27 bits per heavy atom. The summed E-state index contributed by atoms with van der Waals surface area (Å²) >= 11 is 0. The lowest BCUT2D eigenvalue weighted by atomic mass is 10.1. The number of aromatic nitrogens is 1. The summed E-state index contributed by atoms with van der Waals surface area (Å²) in [7, 11) is 2.00. The van der Waals surface area contributed by atoms with Crippen molar-refractivity contribution in [2.24, 2.45) is 0 Å². The molecule has 1 atom stereocenters. The number of amides is 1. The molecule has 22 heavy (non-hydrogen) atoms. The van der Waals surface area contributed by atoms with Gasteiger partial charge in [0, 0.05) is 32.0 Å². The van der Waals surface area contributed by atoms with Crippen molar-refractivity contribution < 1.29 is 4.79 Å². The molecule has 1 aromatic rings. The Morgan fingerprint density at radius 1 is 1.50 bits per heavy atom. The van der Waals surface area contributed by atoms with Crippen molar-refractivity contribution in [1.29, 1.82) is 0 Å². The largest absolute Gasteiger partial charge is 0.332 e. The van der Waals surface area contributed by atoms with Gasteiger partial charge in [0.2, 0.25) is 5.91 Å². The second kappa shape index (κ2) is 10.8. The molecular weight excluding hydrogens is 323 g/mol. The number of hydrogen-bond donors (Lipinski definition) is 1. The Balaban J connectivity index is 0.00000220. The lowest BCUT2D eigenvalue weighted by Crippen LogP contribution is -2.51. The van der Waals surface area contributed by atoms with Crippen molar-refractivity contribution >= 4 is 30.7 Å². The van der Waals surface area contributed by atoms with Crippen molar-refractivity contribution in [3.05, 3.63) is 30.1 Å². The molecule has 1 amide bonds. The number of rotatable bonds is 5. The van der Waals surface area contributed by atoms with E-state index in [4.69, 9.17) is 0 Å². The first-order chi connectivity index (χ1) is 9.72. The molecule has 0 spiro atoms. The van der Waals surface area contributed by atoms with Crippen LogP contribution in [0.15, 0.2) is 24.5 Å². The first-order valence-electron chi connectivity index (χ1n) is 7.31. The van der Waals surface area contributed by atoms with E-state index in [1.165, 1.54) is 0 Å². The standard InChI is InChI=1S/C15H24N4O.2ClH/c1-3-8-18(2)12-15(20)19-9-7-17-11-14(19)13-5-4-6-16-10-13;;/h4-6,10,14,17H,3,7-9,11-12H2,1-2H3;2*1H. The predicted octanol–water partition coefficient (Wildman–Crippen LogP) is 1.74. The van der Waals surface area contributed by atoms with E-state index in [0.29, 0.717) is 6.54 Å². The maximum absolute atomic E-state index is 12.5. The molecule has 1 fully saturated rings. The smallest absolute Gasteiger partial charge is 0.237 e. The van der Waals surface area contributed by atoms with Gasteiger partial charge in [0.05, 0.1) is 12.6 Å². The average Bonchev–Trinajstić information content (AvgIpc) is 2.48. The Kier molecular flexibility index (Phi) is 10.3. The normalized spacial score (nSPS) is 17.6. The van der Waals surface area contributed by atoms with Gasteiger partial charge in [-0.05, 0) is 31.6 Å². The number of carbonyl (C=O) groups is 1. The number of likely N-dealkylation sites (N-methyl/N-ethyl adjacent to an activating group) is 1. The average molecular weight is 349 g/mol. The second-order valence-corrected chi connectivity index (χ2v) is 5.33. The molecule has 7 heteroatoms. The minimum atomic E-state index is 0. The fourth-order valence-electron chi connectivity index (χ4n) is 2.66. The minimum Gasteiger partial charge on any atom is -0.332 e. The highest BCUT2D eigenvalue weighted by Gasteiger charge is 2.28. The number of nitrogens with one attached hydrogen (secondary N) is 1. The Hall–Kier alpha value is -0.880. The summed E-state index contributed by atoms with van der Waals surface area (Å²) < 4.78 is 0. The monoisotopic (exact) mass is 348 g/mol. The van der Waals surface area contributed by atoms with E-state index < -0.39 is 0 Å². The number of nitrogens with zero attached hydrogens (tertiary/aromatic N) is 3. The molecule has 1 unspecified atom stereocenters. The van der Waals surface area contributed by atoms with E-state index >= 15 is 0 Å². The molecule has 0 aromatic carbocycles. The van der Waals surface area contributed by atoms with Gasteiger partial charge >= 0.3 is 0 Å². The molecular formula is C15H26Cl2N4O. The number of piperazine rings is 1. The van der Waals surface area contributed by atoms with E-state index in [2.05, 4.69) is 22.1 Å². The lowest BCUT2D eigenvalue weighted by molar-refractivity contribution is -0.135. The molecule has 1 aliphatic rings. The quantitative estimate of drug-likeness (QED) is 0.880.